The molecule has 19 atom stereocenters. The summed E-state index contributed by atoms with van der Waals surface area (Å²) in [7, 11) is 5.23. The zero-order valence-electron chi connectivity index (χ0n) is 47.0. The molecule has 0 aliphatic carbocycles. The summed E-state index contributed by atoms with van der Waals surface area (Å²) in [6.07, 6.45) is -8.00. The van der Waals surface area contributed by atoms with Gasteiger partial charge < -0.3 is 73.6 Å². The standard InChI is InChI=1S/C54H90N6O15/c1-16-41-54(12,68)45(62)34(6)58(14)26-30(2)24-52(10,67)47(32(4)44(33(5)48(64)73-41)74-42-25-53(11,69-15)46(63)35(7)71-42)75-49-43(61)40(23-31(3)70-49)57(13)22-21-37-27-59(56-55-37)28-39-29-60(50(65)72-39)38-19-17-36(18-20-38)51(8,9)66/h17-20,27,30-35,39-47,49,61-63,66-68H,16,21-26,28-29H2,1-15H3/t30-,31-,32+,33-,34-,35+,39+,40+,41-,42+,43-,44+,45-,46+,47-,49+,52-,53-,54-/m1/s1. The van der Waals surface area contributed by atoms with Gasteiger partial charge in [-0.2, -0.15) is 0 Å². The van der Waals surface area contributed by atoms with Gasteiger partial charge in [0.05, 0.1) is 65.9 Å². The van der Waals surface area contributed by atoms with E-state index in [1.807, 2.05) is 43.9 Å². The van der Waals surface area contributed by atoms with Gasteiger partial charge in [-0.1, -0.05) is 38.1 Å². The Kier molecular flexibility index (Phi) is 19.7. The molecule has 4 aliphatic heterocycles. The number of benzene rings is 1. The molecule has 21 heteroatoms. The number of cyclic esters (lactones) is 2. The maximum absolute atomic E-state index is 14.5. The van der Waals surface area contributed by atoms with Crippen LogP contribution in [0.3, 0.4) is 0 Å². The minimum Gasteiger partial charge on any atom is -0.459 e. The number of aromatic nitrogens is 3. The molecule has 0 bridgehead atoms. The minimum atomic E-state index is -1.85. The first-order valence-electron chi connectivity index (χ1n) is 26.9. The average Bonchev–Trinajstić information content (AvgIpc) is 3.96. The van der Waals surface area contributed by atoms with Crippen molar-refractivity contribution in [2.24, 2.45) is 17.8 Å². The highest BCUT2D eigenvalue weighted by Gasteiger charge is 2.53. The third-order valence-corrected chi connectivity index (χ3v) is 16.6. The van der Waals surface area contributed by atoms with Crippen LogP contribution in [-0.2, 0) is 56.5 Å². The third-order valence-electron chi connectivity index (χ3n) is 16.6. The molecule has 0 spiro atoms. The first-order chi connectivity index (χ1) is 34.9. The topological polar surface area (TPSA) is 261 Å². The van der Waals surface area contributed by atoms with Crippen LogP contribution >= 0.6 is 0 Å². The van der Waals surface area contributed by atoms with E-state index in [4.69, 9.17) is 33.2 Å². The van der Waals surface area contributed by atoms with Gasteiger partial charge in [0.1, 0.15) is 36.1 Å². The van der Waals surface area contributed by atoms with Crippen LogP contribution in [0.1, 0.15) is 120 Å². The normalized spacial score (nSPS) is 40.3. The molecule has 75 heavy (non-hydrogen) atoms. The van der Waals surface area contributed by atoms with Gasteiger partial charge in [-0.25, -0.2) is 9.48 Å². The van der Waals surface area contributed by atoms with E-state index >= 15 is 0 Å². The summed E-state index contributed by atoms with van der Waals surface area (Å²) >= 11 is 0. The molecule has 4 saturated heterocycles. The Hall–Kier alpha value is -3.42. The zero-order chi connectivity index (χ0) is 55.7. The van der Waals surface area contributed by atoms with Gasteiger partial charge in [-0.05, 0) is 119 Å². The molecular weight excluding hydrogens is 973 g/mol. The number of carbonyl (C=O) groups is 2. The molecule has 5 heterocycles. The maximum atomic E-state index is 14.5. The molecule has 2 aromatic rings. The molecule has 0 radical (unpaired) electrons. The van der Waals surface area contributed by atoms with Gasteiger partial charge in [0.2, 0.25) is 0 Å². The van der Waals surface area contributed by atoms with Gasteiger partial charge in [-0.3, -0.25) is 9.69 Å². The van der Waals surface area contributed by atoms with Crippen molar-refractivity contribution in [3.05, 3.63) is 41.7 Å². The van der Waals surface area contributed by atoms with Crippen LogP contribution in [0.2, 0.25) is 0 Å². The van der Waals surface area contributed by atoms with Crippen LogP contribution in [0.25, 0.3) is 0 Å². The lowest BCUT2D eigenvalue weighted by molar-refractivity contribution is -0.318. The van der Waals surface area contributed by atoms with Gasteiger partial charge in [0.15, 0.2) is 12.6 Å². The molecular formula is C54H90N6O15. The number of ether oxygens (including phenoxy) is 7. The zero-order valence-corrected chi connectivity index (χ0v) is 47.0. The predicted octanol–water partition coefficient (Wildman–Crippen LogP) is 3.36. The lowest BCUT2D eigenvalue weighted by Crippen LogP contribution is -2.61. The Morgan fingerprint density at radius 3 is 2.21 bits per heavy atom. The fraction of sp³-hybridized carbons (Fsp3) is 0.815. The average molecular weight is 1060 g/mol. The van der Waals surface area contributed by atoms with Crippen LogP contribution in [0, 0.1) is 17.8 Å². The van der Waals surface area contributed by atoms with Crippen molar-refractivity contribution >= 4 is 17.7 Å². The van der Waals surface area contributed by atoms with E-state index in [9.17, 15) is 40.2 Å². The minimum absolute atomic E-state index is 0.0875. The van der Waals surface area contributed by atoms with Crippen LogP contribution in [0.5, 0.6) is 0 Å². The number of amides is 1. The summed E-state index contributed by atoms with van der Waals surface area (Å²) in [4.78, 5) is 32.9. The van der Waals surface area contributed by atoms with Crippen molar-refractivity contribution in [3.63, 3.8) is 0 Å². The fourth-order valence-corrected chi connectivity index (χ4v) is 11.7. The summed E-state index contributed by atoms with van der Waals surface area (Å²) in [6, 6.07) is 6.10. The summed E-state index contributed by atoms with van der Waals surface area (Å²) in [6.45, 7) is 22.3. The van der Waals surface area contributed by atoms with Crippen molar-refractivity contribution in [3.8, 4) is 0 Å². The molecule has 0 unspecified atom stereocenters. The lowest BCUT2D eigenvalue weighted by atomic mass is 9.77. The van der Waals surface area contributed by atoms with E-state index in [-0.39, 0.29) is 25.2 Å². The molecule has 1 amide bonds. The summed E-state index contributed by atoms with van der Waals surface area (Å²) in [5.74, 6) is -2.85. The van der Waals surface area contributed by atoms with Gasteiger partial charge in [0.25, 0.3) is 0 Å². The van der Waals surface area contributed by atoms with Crippen molar-refractivity contribution < 1.29 is 73.4 Å². The lowest BCUT2D eigenvalue weighted by Gasteiger charge is -2.49. The summed E-state index contributed by atoms with van der Waals surface area (Å²) in [5, 5.41) is 78.9. The van der Waals surface area contributed by atoms with E-state index in [0.29, 0.717) is 50.4 Å². The Morgan fingerprint density at radius 2 is 1.59 bits per heavy atom. The number of anilines is 1. The fourth-order valence-electron chi connectivity index (χ4n) is 11.7. The monoisotopic (exact) mass is 1060 g/mol. The molecule has 1 aromatic carbocycles. The molecule has 1 aromatic heterocycles. The Balaban J connectivity index is 1.22. The van der Waals surface area contributed by atoms with Crippen molar-refractivity contribution in [1.29, 1.82) is 0 Å². The SMILES string of the molecule is CC[C@H]1OC(=O)[C@H](C)[C@@H](O[C@H]2C[C@@](C)(OC)[C@@H](O)[C@H](C)O2)[C@H](C)[C@@H](O[C@@H]2O[C@H](C)C[C@H](N(C)CCc3cn(C[C@H]4CN(c5ccc(C(C)(C)O)cc5)C(=O)O4)nn3)[C@H]2O)[C@](C)(O)C[C@@H](C)CN(C)[C@H](C)[C@@H](O)[C@]1(C)O. The molecule has 21 nitrogen and oxygen atoms in total. The van der Waals surface area contributed by atoms with E-state index in [0.717, 1.165) is 5.56 Å². The number of rotatable bonds is 14. The first-order valence-corrected chi connectivity index (χ1v) is 26.9. The van der Waals surface area contributed by atoms with Gasteiger partial charge in [-0.15, -0.1) is 5.10 Å². The van der Waals surface area contributed by atoms with Crippen molar-refractivity contribution in [1.82, 2.24) is 24.8 Å². The molecule has 6 rings (SSSR count). The smallest absolute Gasteiger partial charge is 0.414 e. The number of carbonyl (C=O) groups excluding carboxylic acids is 2. The van der Waals surface area contributed by atoms with E-state index < -0.39 is 126 Å². The highest BCUT2D eigenvalue weighted by atomic mass is 16.7. The largest absolute Gasteiger partial charge is 0.459 e. The van der Waals surface area contributed by atoms with Gasteiger partial charge >= 0.3 is 12.1 Å². The molecule has 0 saturated carbocycles. The van der Waals surface area contributed by atoms with E-state index in [1.165, 1.54) is 14.0 Å². The second-order valence-electron chi connectivity index (χ2n) is 23.6. The number of methoxy groups -OCH3 is 1. The number of aliphatic hydroxyl groups is 6. The number of aliphatic hydroxyl groups excluding tert-OH is 3. The molecule has 4 fully saturated rings. The van der Waals surface area contributed by atoms with Crippen LogP contribution < -0.4 is 4.90 Å². The van der Waals surface area contributed by atoms with Crippen LogP contribution in [0.4, 0.5) is 10.5 Å². The highest BCUT2D eigenvalue weighted by Crippen LogP contribution is 2.40. The van der Waals surface area contributed by atoms with E-state index in [1.54, 1.807) is 96.2 Å². The highest BCUT2D eigenvalue weighted by molar-refractivity contribution is 5.89. The molecule has 426 valence electrons. The second-order valence-corrected chi connectivity index (χ2v) is 23.6. The quantitative estimate of drug-likeness (QED) is 0.148. The Labute approximate surface area is 443 Å². The summed E-state index contributed by atoms with van der Waals surface area (Å²) < 4.78 is 45.6. The molecule has 4 aliphatic rings. The number of hydrogen-bond donors (Lipinski definition) is 6. The number of likely N-dealkylation sites (N-methyl/N-ethyl adjacent to an activating group) is 2. The molecule has 6 N–H and O–H groups in total. The first kappa shape index (κ1) is 60.8. The van der Waals surface area contributed by atoms with Crippen LogP contribution in [0.15, 0.2) is 30.5 Å². The summed E-state index contributed by atoms with van der Waals surface area (Å²) in [5.41, 5.74) is -3.50. The van der Waals surface area contributed by atoms with Crippen molar-refractivity contribution in [2.75, 3.05) is 45.7 Å². The van der Waals surface area contributed by atoms with Crippen LogP contribution in [-0.4, -0.2) is 205 Å². The maximum Gasteiger partial charge on any atom is 0.414 e. The van der Waals surface area contributed by atoms with Crippen molar-refractivity contribution in [2.45, 2.75) is 224 Å². The second kappa shape index (κ2) is 24.3. The Bertz CT molecular complexity index is 2180. The van der Waals surface area contributed by atoms with Gasteiger partial charge in [0, 0.05) is 62.9 Å². The third kappa shape index (κ3) is 14.1. The Morgan fingerprint density at radius 1 is 0.920 bits per heavy atom. The van der Waals surface area contributed by atoms with E-state index in [2.05, 4.69) is 10.3 Å². The number of nitrogens with zero attached hydrogens (tertiary/aromatic N) is 6. The number of esters is 1. The predicted molar refractivity (Wildman–Crippen MR) is 276 cm³/mol. The number of hydrogen-bond acceptors (Lipinski definition) is 19.